The Labute approximate surface area is 171 Å². The summed E-state index contributed by atoms with van der Waals surface area (Å²) in [5.74, 6) is -0.168. The van der Waals surface area contributed by atoms with Gasteiger partial charge in [-0.05, 0) is 18.2 Å². The van der Waals surface area contributed by atoms with Gasteiger partial charge in [-0.15, -0.1) is 0 Å². The summed E-state index contributed by atoms with van der Waals surface area (Å²) < 4.78 is 10.4. The smallest absolute Gasteiger partial charge is 0.271 e. The third-order valence-electron chi connectivity index (χ3n) is 4.26. The Kier molecular flexibility index (Phi) is 6.23. The van der Waals surface area contributed by atoms with Gasteiger partial charge in [-0.2, -0.15) is 0 Å². The number of rotatable bonds is 5. The van der Waals surface area contributed by atoms with Gasteiger partial charge in [0.05, 0.1) is 46.7 Å². The average Bonchev–Trinajstić information content (AvgIpc) is 2.68. The number of carbonyl (C=O) groups excluding carboxylic acids is 1. The first-order valence-corrected chi connectivity index (χ1v) is 9.12. The second-order valence-corrected chi connectivity index (χ2v) is 6.80. The monoisotopic (exact) mass is 425 g/mol. The highest BCUT2D eigenvalue weighted by Gasteiger charge is 2.21. The maximum absolute atomic E-state index is 12.7. The molecule has 0 saturated carbocycles. The number of nitrogens with zero attached hydrogens (tertiary/aromatic N) is 2. The number of hydrogen-bond donors (Lipinski definition) is 1. The molecular formula is C18H17Cl2N3O5. The van der Waals surface area contributed by atoms with Crippen molar-refractivity contribution in [2.45, 2.75) is 0 Å². The lowest BCUT2D eigenvalue weighted by Crippen LogP contribution is -2.36. The summed E-state index contributed by atoms with van der Waals surface area (Å²) in [6.07, 6.45) is 0. The van der Waals surface area contributed by atoms with Crippen LogP contribution < -0.4 is 15.0 Å². The van der Waals surface area contributed by atoms with Crippen LogP contribution in [-0.2, 0) is 4.74 Å². The quantitative estimate of drug-likeness (QED) is 0.574. The van der Waals surface area contributed by atoms with E-state index >= 15 is 0 Å². The van der Waals surface area contributed by atoms with Crippen LogP contribution in [0.3, 0.4) is 0 Å². The number of amides is 1. The van der Waals surface area contributed by atoms with Crippen LogP contribution in [0.4, 0.5) is 17.1 Å². The van der Waals surface area contributed by atoms with Crippen LogP contribution in [0.15, 0.2) is 30.3 Å². The summed E-state index contributed by atoms with van der Waals surface area (Å²) >= 11 is 12.2. The van der Waals surface area contributed by atoms with Gasteiger partial charge in [-0.1, -0.05) is 23.2 Å². The molecule has 0 aromatic heterocycles. The zero-order valence-electron chi connectivity index (χ0n) is 14.9. The van der Waals surface area contributed by atoms with Gasteiger partial charge in [0.25, 0.3) is 11.6 Å². The highest BCUT2D eigenvalue weighted by molar-refractivity contribution is 6.37. The Balaban J connectivity index is 1.92. The summed E-state index contributed by atoms with van der Waals surface area (Å²) in [7, 11) is 1.43. The third-order valence-corrected chi connectivity index (χ3v) is 4.82. The first-order valence-electron chi connectivity index (χ1n) is 8.36. The van der Waals surface area contributed by atoms with Crippen LogP contribution in [0, 0.1) is 10.1 Å². The zero-order valence-corrected chi connectivity index (χ0v) is 16.4. The predicted molar refractivity (Wildman–Crippen MR) is 107 cm³/mol. The van der Waals surface area contributed by atoms with Gasteiger partial charge in [-0.25, -0.2) is 0 Å². The number of anilines is 2. The molecule has 1 heterocycles. The number of halogens is 2. The Bertz CT molecular complexity index is 893. The summed E-state index contributed by atoms with van der Waals surface area (Å²) in [6.45, 7) is 2.12. The van der Waals surface area contributed by atoms with Crippen LogP contribution in [0.1, 0.15) is 10.4 Å². The number of nitro groups is 1. The van der Waals surface area contributed by atoms with Crippen molar-refractivity contribution in [1.29, 1.82) is 0 Å². The molecule has 1 fully saturated rings. The van der Waals surface area contributed by atoms with Crippen molar-refractivity contribution < 1.29 is 19.2 Å². The number of carbonyl (C=O) groups is 1. The molecule has 8 nitrogen and oxygen atoms in total. The summed E-state index contributed by atoms with van der Waals surface area (Å²) in [4.78, 5) is 25.3. The molecule has 1 amide bonds. The van der Waals surface area contributed by atoms with Gasteiger partial charge < -0.3 is 19.7 Å². The Hall–Kier alpha value is -2.55. The van der Waals surface area contributed by atoms with Crippen molar-refractivity contribution in [2.24, 2.45) is 0 Å². The number of nitro benzene ring substituents is 1. The number of methoxy groups -OCH3 is 1. The van der Waals surface area contributed by atoms with Crippen molar-refractivity contribution >= 4 is 46.2 Å². The second kappa shape index (κ2) is 8.64. The summed E-state index contributed by atoms with van der Waals surface area (Å²) in [5, 5.41) is 14.4. The number of benzene rings is 2. The molecule has 2 aromatic rings. The van der Waals surface area contributed by atoms with Gasteiger partial charge in [0.15, 0.2) is 5.75 Å². The molecule has 1 aliphatic rings. The fraction of sp³-hybridized carbons (Fsp3) is 0.278. The van der Waals surface area contributed by atoms with Crippen molar-refractivity contribution in [1.82, 2.24) is 0 Å². The Morgan fingerprint density at radius 3 is 2.43 bits per heavy atom. The topological polar surface area (TPSA) is 93.9 Å². The first kappa shape index (κ1) is 20.2. The molecule has 0 bridgehead atoms. The highest BCUT2D eigenvalue weighted by Crippen LogP contribution is 2.35. The van der Waals surface area contributed by atoms with Crippen LogP contribution in [0.25, 0.3) is 0 Å². The van der Waals surface area contributed by atoms with Crippen LogP contribution >= 0.6 is 23.2 Å². The van der Waals surface area contributed by atoms with Gasteiger partial charge >= 0.3 is 0 Å². The maximum Gasteiger partial charge on any atom is 0.271 e. The maximum atomic E-state index is 12.7. The van der Waals surface area contributed by atoms with Gasteiger partial charge in [0, 0.05) is 30.8 Å². The van der Waals surface area contributed by atoms with Crippen molar-refractivity contribution in [3.8, 4) is 5.75 Å². The van der Waals surface area contributed by atoms with E-state index in [2.05, 4.69) is 5.32 Å². The fourth-order valence-corrected chi connectivity index (χ4v) is 3.53. The predicted octanol–water partition coefficient (Wildman–Crippen LogP) is 4.00. The Morgan fingerprint density at radius 1 is 1.21 bits per heavy atom. The van der Waals surface area contributed by atoms with E-state index in [0.29, 0.717) is 37.7 Å². The molecule has 1 saturated heterocycles. The van der Waals surface area contributed by atoms with Gasteiger partial charge in [0.1, 0.15) is 0 Å². The van der Waals surface area contributed by atoms with E-state index in [1.165, 1.54) is 37.4 Å². The van der Waals surface area contributed by atoms with E-state index in [4.69, 9.17) is 32.7 Å². The molecular weight excluding hydrogens is 409 g/mol. The minimum atomic E-state index is -0.474. The lowest BCUT2D eigenvalue weighted by molar-refractivity contribution is -0.384. The number of non-ortho nitro benzene ring substituents is 1. The lowest BCUT2D eigenvalue weighted by Gasteiger charge is -2.30. The first-order chi connectivity index (χ1) is 13.4. The van der Waals surface area contributed by atoms with Crippen molar-refractivity contribution in [3.05, 3.63) is 56.1 Å². The van der Waals surface area contributed by atoms with Crippen molar-refractivity contribution in [3.63, 3.8) is 0 Å². The molecule has 0 unspecified atom stereocenters. The minimum absolute atomic E-state index is 0.0602. The SMILES string of the molecule is COc1c(Cl)cc(C(=O)Nc2ccc([N+](=O)[O-])cc2N2CCOCC2)cc1Cl. The van der Waals surface area contributed by atoms with E-state index in [9.17, 15) is 14.9 Å². The minimum Gasteiger partial charge on any atom is -0.494 e. The number of morpholine rings is 1. The van der Waals surface area contributed by atoms with Gasteiger partial charge in [-0.3, -0.25) is 14.9 Å². The molecule has 2 aromatic carbocycles. The second-order valence-electron chi connectivity index (χ2n) is 5.99. The van der Waals surface area contributed by atoms with E-state index < -0.39 is 10.8 Å². The molecule has 0 aliphatic carbocycles. The van der Waals surface area contributed by atoms with Crippen LogP contribution in [-0.4, -0.2) is 44.2 Å². The van der Waals surface area contributed by atoms with E-state index in [1.807, 2.05) is 4.90 Å². The largest absolute Gasteiger partial charge is 0.494 e. The van der Waals surface area contributed by atoms with Crippen LogP contribution in [0.5, 0.6) is 5.75 Å². The van der Waals surface area contributed by atoms with Crippen molar-refractivity contribution in [2.75, 3.05) is 43.6 Å². The highest BCUT2D eigenvalue weighted by atomic mass is 35.5. The molecule has 0 atom stereocenters. The van der Waals surface area contributed by atoms with Crippen LogP contribution in [0.2, 0.25) is 10.0 Å². The van der Waals surface area contributed by atoms with E-state index in [0.717, 1.165) is 0 Å². The van der Waals surface area contributed by atoms with Gasteiger partial charge in [0.2, 0.25) is 0 Å². The molecule has 0 radical (unpaired) electrons. The molecule has 1 N–H and O–H groups in total. The summed E-state index contributed by atoms with van der Waals surface area (Å²) in [6, 6.07) is 7.18. The molecule has 148 valence electrons. The normalized spacial score (nSPS) is 13.9. The average molecular weight is 426 g/mol. The Morgan fingerprint density at radius 2 is 1.86 bits per heavy atom. The molecule has 1 aliphatic heterocycles. The molecule has 0 spiro atoms. The molecule has 3 rings (SSSR count). The molecule has 28 heavy (non-hydrogen) atoms. The van der Waals surface area contributed by atoms with E-state index in [1.54, 1.807) is 0 Å². The zero-order chi connectivity index (χ0) is 20.3. The number of ether oxygens (including phenoxy) is 2. The fourth-order valence-electron chi connectivity index (χ4n) is 2.89. The summed E-state index contributed by atoms with van der Waals surface area (Å²) in [5.41, 5.74) is 1.18. The standard InChI is InChI=1S/C18H17Cl2N3O5/c1-27-17-13(19)8-11(9-14(17)20)18(24)21-15-3-2-12(23(25)26)10-16(15)22-4-6-28-7-5-22/h2-3,8-10H,4-7H2,1H3,(H,21,24). The van der Waals surface area contributed by atoms with E-state index in [-0.39, 0.29) is 27.0 Å². The lowest BCUT2D eigenvalue weighted by atomic mass is 10.1. The number of nitrogens with one attached hydrogen (secondary N) is 1. The number of hydrogen-bond acceptors (Lipinski definition) is 6. The molecule has 10 heteroatoms. The third kappa shape index (κ3) is 4.30.